The van der Waals surface area contributed by atoms with E-state index in [1.54, 1.807) is 0 Å². The number of likely N-dealkylation sites (N-methyl/N-ethyl adjacent to an activating group) is 1. The van der Waals surface area contributed by atoms with E-state index in [0.717, 1.165) is 67.3 Å². The molecule has 1 fully saturated rings. The highest BCUT2D eigenvalue weighted by Crippen LogP contribution is 2.46. The van der Waals surface area contributed by atoms with Crippen molar-refractivity contribution in [2.45, 2.75) is 13.0 Å². The maximum atomic E-state index is 7.60. The highest BCUT2D eigenvalue weighted by atomic mass is 32.1. The smallest absolute Gasteiger partial charge is 0.0963 e. The number of H-pyrrole nitrogens is 1. The van der Waals surface area contributed by atoms with Crippen LogP contribution in [0.2, 0.25) is 0 Å². The fourth-order valence-electron chi connectivity index (χ4n) is 5.16. The lowest BCUT2D eigenvalue weighted by atomic mass is 10.0. The first kappa shape index (κ1) is 22.2. The largest absolute Gasteiger partial charge is 0.388 e. The molecule has 6 nitrogen and oxygen atoms in total. The Balaban J connectivity index is 1.22. The normalized spacial score (nSPS) is 15.7. The third-order valence-corrected chi connectivity index (χ3v) is 8.46. The van der Waals surface area contributed by atoms with Crippen molar-refractivity contribution in [2.24, 2.45) is 0 Å². The van der Waals surface area contributed by atoms with Crippen LogP contribution in [0.3, 0.4) is 0 Å². The number of anilines is 1. The molecule has 178 valence electrons. The number of fused-ring (bicyclic) bond motifs is 3. The number of hydrogen-bond acceptors (Lipinski definition) is 6. The first-order chi connectivity index (χ1) is 17.1. The number of piperazine rings is 1. The number of aromatic nitrogens is 2. The molecular weight excluding hydrogens is 452 g/mol. The Kier molecular flexibility index (Phi) is 5.76. The zero-order valence-electron chi connectivity index (χ0n) is 20.2. The summed E-state index contributed by atoms with van der Waals surface area (Å²) < 4.78 is 0. The molecule has 1 saturated heterocycles. The molecule has 2 aliphatic rings. The zero-order valence-corrected chi connectivity index (χ0v) is 21.0. The van der Waals surface area contributed by atoms with Gasteiger partial charge in [-0.1, -0.05) is 36.4 Å². The average molecular weight is 483 g/mol. The molecule has 2 aromatic heterocycles. The van der Waals surface area contributed by atoms with E-state index in [4.69, 9.17) is 5.41 Å². The van der Waals surface area contributed by atoms with Gasteiger partial charge in [0.2, 0.25) is 0 Å². The van der Waals surface area contributed by atoms with E-state index >= 15 is 0 Å². The molecule has 0 bridgehead atoms. The predicted molar refractivity (Wildman–Crippen MR) is 146 cm³/mol. The van der Waals surface area contributed by atoms with Gasteiger partial charge in [-0.2, -0.15) is 5.10 Å². The highest BCUT2D eigenvalue weighted by Gasteiger charge is 2.28. The van der Waals surface area contributed by atoms with Crippen LogP contribution in [0.15, 0.2) is 48.5 Å². The fraction of sp³-hybridized carbons (Fsp3) is 0.286. The minimum atomic E-state index is 0.877. The van der Waals surface area contributed by atoms with Gasteiger partial charge in [-0.25, -0.2) is 0 Å². The molecule has 1 aliphatic heterocycles. The number of hydrogen-bond donors (Lipinski definition) is 3. The van der Waals surface area contributed by atoms with Crippen LogP contribution in [0.4, 0.5) is 5.69 Å². The van der Waals surface area contributed by atoms with Gasteiger partial charge in [0.05, 0.1) is 11.4 Å². The number of benzene rings is 2. The molecule has 0 amide bonds. The molecule has 0 spiro atoms. The lowest BCUT2D eigenvalue weighted by Crippen LogP contribution is -2.43. The minimum absolute atomic E-state index is 0.877. The van der Waals surface area contributed by atoms with Gasteiger partial charge in [0.15, 0.2) is 0 Å². The molecule has 0 saturated carbocycles. The molecule has 1 aliphatic carbocycles. The topological polar surface area (TPSA) is 71.0 Å². The summed E-state index contributed by atoms with van der Waals surface area (Å²) in [5.41, 5.74) is 10.3. The first-order valence-corrected chi connectivity index (χ1v) is 13.0. The van der Waals surface area contributed by atoms with Gasteiger partial charge in [-0.15, -0.1) is 11.3 Å². The van der Waals surface area contributed by atoms with Crippen LogP contribution < -0.4 is 5.32 Å². The summed E-state index contributed by atoms with van der Waals surface area (Å²) in [6.07, 6.45) is 2.28. The number of nitrogens with one attached hydrogen (secondary N) is 3. The van der Waals surface area contributed by atoms with Gasteiger partial charge in [0.1, 0.15) is 0 Å². The van der Waals surface area contributed by atoms with Crippen LogP contribution >= 0.6 is 11.3 Å². The zero-order chi connectivity index (χ0) is 23.9. The van der Waals surface area contributed by atoms with E-state index < -0.39 is 0 Å². The second-order valence-corrected chi connectivity index (χ2v) is 10.7. The molecule has 0 radical (unpaired) electrons. The van der Waals surface area contributed by atoms with E-state index in [1.165, 1.54) is 38.2 Å². The van der Waals surface area contributed by atoms with Crippen molar-refractivity contribution >= 4 is 23.2 Å². The number of aromatic amines is 1. The monoisotopic (exact) mass is 482 g/mol. The molecule has 0 unspecified atom stereocenters. The SMILES string of the molecule is CNc1cc(-c2n[nH]c3c2Cc2sc(-c4ccc(CN5CCN(C)CC5)cc4)cc2-3)ccc1C=N. The summed E-state index contributed by atoms with van der Waals surface area (Å²) in [7, 11) is 4.09. The Morgan fingerprint density at radius 3 is 2.57 bits per heavy atom. The maximum Gasteiger partial charge on any atom is 0.0963 e. The second kappa shape index (κ2) is 9.07. The third-order valence-electron chi connectivity index (χ3n) is 7.27. The van der Waals surface area contributed by atoms with Gasteiger partial charge in [0, 0.05) is 90.1 Å². The van der Waals surface area contributed by atoms with Gasteiger partial charge >= 0.3 is 0 Å². The van der Waals surface area contributed by atoms with Crippen LogP contribution in [-0.4, -0.2) is 66.5 Å². The van der Waals surface area contributed by atoms with Gasteiger partial charge in [-0.05, 0) is 30.3 Å². The van der Waals surface area contributed by atoms with Crippen molar-refractivity contribution in [2.75, 3.05) is 45.6 Å². The molecule has 3 N–H and O–H groups in total. The minimum Gasteiger partial charge on any atom is -0.388 e. The summed E-state index contributed by atoms with van der Waals surface area (Å²) in [5.74, 6) is 0. The Morgan fingerprint density at radius 2 is 1.83 bits per heavy atom. The Hall–Kier alpha value is -3.26. The first-order valence-electron chi connectivity index (χ1n) is 12.2. The van der Waals surface area contributed by atoms with E-state index in [2.05, 4.69) is 74.8 Å². The van der Waals surface area contributed by atoms with Crippen molar-refractivity contribution in [1.82, 2.24) is 20.0 Å². The number of thiophene rings is 1. The van der Waals surface area contributed by atoms with Crippen LogP contribution in [0, 0.1) is 5.41 Å². The Morgan fingerprint density at radius 1 is 1.06 bits per heavy atom. The highest BCUT2D eigenvalue weighted by molar-refractivity contribution is 7.16. The summed E-state index contributed by atoms with van der Waals surface area (Å²) in [4.78, 5) is 7.66. The van der Waals surface area contributed by atoms with E-state index in [9.17, 15) is 0 Å². The molecule has 7 heteroatoms. The van der Waals surface area contributed by atoms with E-state index in [0.29, 0.717) is 0 Å². The molecule has 6 rings (SSSR count). The van der Waals surface area contributed by atoms with Crippen molar-refractivity contribution in [3.05, 3.63) is 70.1 Å². The summed E-state index contributed by atoms with van der Waals surface area (Å²) >= 11 is 1.89. The third kappa shape index (κ3) is 4.10. The quantitative estimate of drug-likeness (QED) is 0.292. The lowest BCUT2D eigenvalue weighted by Gasteiger charge is -2.32. The van der Waals surface area contributed by atoms with Gasteiger partial charge in [-0.3, -0.25) is 10.00 Å². The molecule has 3 heterocycles. The predicted octanol–water partition coefficient (Wildman–Crippen LogP) is 5.16. The standard InChI is InChI=1S/C28H30N6S/c1-30-24-13-20(7-8-21(24)16-29)27-23-15-26-22(28(23)32-31-27)14-25(35-26)19-5-3-18(4-6-19)17-34-11-9-33(2)10-12-34/h3-8,13-14,16,29-30H,9-12,15,17H2,1-2H3,(H,31,32). The Labute approximate surface area is 210 Å². The van der Waals surface area contributed by atoms with E-state index in [-0.39, 0.29) is 0 Å². The Bertz CT molecular complexity index is 1380. The molecule has 4 aromatic rings. The van der Waals surface area contributed by atoms with Crippen LogP contribution in [0.25, 0.3) is 33.0 Å². The van der Waals surface area contributed by atoms with E-state index in [1.807, 2.05) is 24.5 Å². The summed E-state index contributed by atoms with van der Waals surface area (Å²) in [6.45, 7) is 5.64. The van der Waals surface area contributed by atoms with Gasteiger partial charge in [0.25, 0.3) is 0 Å². The lowest BCUT2D eigenvalue weighted by molar-refractivity contribution is 0.148. The molecular formula is C28H30N6S. The molecule has 2 aromatic carbocycles. The van der Waals surface area contributed by atoms with Gasteiger partial charge < -0.3 is 15.6 Å². The second-order valence-electron chi connectivity index (χ2n) is 9.52. The maximum absolute atomic E-state index is 7.60. The van der Waals surface area contributed by atoms with Crippen LogP contribution in [0.1, 0.15) is 21.6 Å². The summed E-state index contributed by atoms with van der Waals surface area (Å²) in [6, 6.07) is 17.6. The molecule has 0 atom stereocenters. The number of nitrogens with zero attached hydrogens (tertiary/aromatic N) is 3. The van der Waals surface area contributed by atoms with Crippen molar-refractivity contribution in [3.63, 3.8) is 0 Å². The van der Waals surface area contributed by atoms with Crippen LogP contribution in [0.5, 0.6) is 0 Å². The average Bonchev–Trinajstić information content (AvgIpc) is 3.57. The fourth-order valence-corrected chi connectivity index (χ4v) is 6.34. The number of rotatable bonds is 6. The molecule has 35 heavy (non-hydrogen) atoms. The van der Waals surface area contributed by atoms with Crippen molar-refractivity contribution in [1.29, 1.82) is 5.41 Å². The van der Waals surface area contributed by atoms with Crippen molar-refractivity contribution in [3.8, 4) is 33.0 Å². The summed E-state index contributed by atoms with van der Waals surface area (Å²) in [5, 5.41) is 18.8. The van der Waals surface area contributed by atoms with Crippen LogP contribution in [-0.2, 0) is 13.0 Å². The van der Waals surface area contributed by atoms with Crippen molar-refractivity contribution < 1.29 is 0 Å².